The van der Waals surface area contributed by atoms with Crippen LogP contribution in [0.4, 0.5) is 9.59 Å². The van der Waals surface area contributed by atoms with E-state index in [1.807, 2.05) is 0 Å². The smallest absolute Gasteiger partial charge is 0.458 e. The molecule has 1 aliphatic rings. The lowest BCUT2D eigenvalue weighted by atomic mass is 10.1. The van der Waals surface area contributed by atoms with Gasteiger partial charge in [-0.05, 0) is 13.8 Å². The summed E-state index contributed by atoms with van der Waals surface area (Å²) in [7, 11) is 0. The summed E-state index contributed by atoms with van der Waals surface area (Å²) in [6, 6.07) is 0. The molecule has 1 N–H and O–H groups in total. The van der Waals surface area contributed by atoms with Crippen molar-refractivity contribution in [3.63, 3.8) is 0 Å². The Bertz CT molecular complexity index is 327. The Morgan fingerprint density at radius 1 is 1.25 bits per heavy atom. The Kier molecular flexibility index (Phi) is 8.89. The zero-order valence-corrected chi connectivity index (χ0v) is 11.8. The van der Waals surface area contributed by atoms with Crippen molar-refractivity contribution in [2.45, 2.75) is 33.3 Å². The summed E-state index contributed by atoms with van der Waals surface area (Å²) in [6.07, 6.45) is -1.65. The van der Waals surface area contributed by atoms with Gasteiger partial charge in [0.25, 0.3) is 0 Å². The fourth-order valence-electron chi connectivity index (χ4n) is 1.37. The monoisotopic (exact) mass is 292 g/mol. The van der Waals surface area contributed by atoms with Gasteiger partial charge in [-0.2, -0.15) is 0 Å². The Hall–Kier alpha value is -1.99. The van der Waals surface area contributed by atoms with E-state index in [0.29, 0.717) is 6.42 Å². The van der Waals surface area contributed by atoms with E-state index >= 15 is 0 Å². The van der Waals surface area contributed by atoms with Gasteiger partial charge in [-0.1, -0.05) is 6.92 Å². The average molecular weight is 292 g/mol. The Balaban J connectivity index is 0.000000511. The minimum atomic E-state index is -1.21. The molecule has 0 bridgehead atoms. The molecule has 0 saturated carbocycles. The topological polar surface area (TPSA) is 108 Å². The summed E-state index contributed by atoms with van der Waals surface area (Å²) in [5, 5.41) is 7.69. The van der Waals surface area contributed by atoms with E-state index in [1.54, 1.807) is 20.8 Å². The minimum Gasteiger partial charge on any atom is -0.458 e. The number of esters is 1. The third-order valence-electron chi connectivity index (χ3n) is 2.22. The molecule has 1 aliphatic heterocycles. The van der Waals surface area contributed by atoms with Gasteiger partial charge in [-0.15, -0.1) is 0 Å². The molecule has 0 aromatic heterocycles. The lowest BCUT2D eigenvalue weighted by Gasteiger charge is -2.09. The number of hydrogen-bond acceptors (Lipinski definition) is 7. The first-order chi connectivity index (χ1) is 9.40. The van der Waals surface area contributed by atoms with Crippen molar-refractivity contribution < 1.29 is 38.4 Å². The standard InChI is InChI=1S/C9H14O5.C3H6O3/c1-3-12-9(11)13-5-7-4-6(2)8(10)14-7;1-2-6-3(4)5/h6-7H,3-5H2,1-2H3;2H2,1H3,(H,4,5). The molecule has 0 spiro atoms. The number of carbonyl (C=O) groups excluding carboxylic acids is 2. The maximum Gasteiger partial charge on any atom is 0.508 e. The summed E-state index contributed by atoms with van der Waals surface area (Å²) in [5.74, 6) is -0.340. The average Bonchev–Trinajstić information content (AvgIpc) is 2.67. The van der Waals surface area contributed by atoms with Crippen LogP contribution in [0.5, 0.6) is 0 Å². The molecule has 8 nitrogen and oxygen atoms in total. The molecule has 0 aromatic rings. The van der Waals surface area contributed by atoms with E-state index < -0.39 is 12.3 Å². The molecule has 8 heteroatoms. The first-order valence-corrected chi connectivity index (χ1v) is 6.26. The van der Waals surface area contributed by atoms with E-state index in [2.05, 4.69) is 9.47 Å². The highest BCUT2D eigenvalue weighted by atomic mass is 16.7. The van der Waals surface area contributed by atoms with Gasteiger partial charge < -0.3 is 24.1 Å². The van der Waals surface area contributed by atoms with Crippen LogP contribution in [0.3, 0.4) is 0 Å². The Morgan fingerprint density at radius 2 is 1.85 bits per heavy atom. The highest BCUT2D eigenvalue weighted by molar-refractivity contribution is 5.74. The number of rotatable bonds is 4. The van der Waals surface area contributed by atoms with Crippen LogP contribution in [0, 0.1) is 5.92 Å². The van der Waals surface area contributed by atoms with Crippen molar-refractivity contribution in [2.24, 2.45) is 5.92 Å². The van der Waals surface area contributed by atoms with Gasteiger partial charge in [0.1, 0.15) is 12.7 Å². The van der Waals surface area contributed by atoms with E-state index in [-0.39, 0.29) is 37.8 Å². The van der Waals surface area contributed by atoms with Crippen LogP contribution in [0.2, 0.25) is 0 Å². The van der Waals surface area contributed by atoms with Crippen molar-refractivity contribution >= 4 is 18.3 Å². The van der Waals surface area contributed by atoms with E-state index in [0.717, 1.165) is 0 Å². The molecule has 2 atom stereocenters. The first kappa shape index (κ1) is 18.0. The number of ether oxygens (including phenoxy) is 4. The SMILES string of the molecule is CCOC(=O)O.CCOC(=O)OCC1CC(C)C(=O)O1. The van der Waals surface area contributed by atoms with Gasteiger partial charge in [0.05, 0.1) is 19.1 Å². The van der Waals surface area contributed by atoms with Crippen molar-refractivity contribution in [3.05, 3.63) is 0 Å². The molecule has 0 amide bonds. The molecule has 1 saturated heterocycles. The second-order valence-corrected chi connectivity index (χ2v) is 3.89. The molecule has 1 heterocycles. The molecule has 0 aromatic carbocycles. The summed E-state index contributed by atoms with van der Waals surface area (Å²) in [4.78, 5) is 31.1. The number of cyclic esters (lactones) is 1. The fraction of sp³-hybridized carbons (Fsp3) is 0.750. The summed E-state index contributed by atoms with van der Waals surface area (Å²) >= 11 is 0. The third kappa shape index (κ3) is 8.17. The van der Waals surface area contributed by atoms with Gasteiger partial charge in [0, 0.05) is 6.42 Å². The summed E-state index contributed by atoms with van der Waals surface area (Å²) in [6.45, 7) is 5.68. The van der Waals surface area contributed by atoms with Crippen molar-refractivity contribution in [1.82, 2.24) is 0 Å². The molecular formula is C12H20O8. The highest BCUT2D eigenvalue weighted by Crippen LogP contribution is 2.20. The largest absolute Gasteiger partial charge is 0.508 e. The van der Waals surface area contributed by atoms with Crippen molar-refractivity contribution in [2.75, 3.05) is 19.8 Å². The summed E-state index contributed by atoms with van der Waals surface area (Å²) in [5.41, 5.74) is 0. The van der Waals surface area contributed by atoms with Crippen molar-refractivity contribution in [3.8, 4) is 0 Å². The number of hydrogen-bond donors (Lipinski definition) is 1. The zero-order chi connectivity index (χ0) is 15.5. The predicted molar refractivity (Wildman–Crippen MR) is 66.3 cm³/mol. The normalized spacial score (nSPS) is 20.2. The molecular weight excluding hydrogens is 272 g/mol. The van der Waals surface area contributed by atoms with E-state index in [9.17, 15) is 14.4 Å². The second-order valence-electron chi connectivity index (χ2n) is 3.89. The molecule has 1 rings (SSSR count). The van der Waals surface area contributed by atoms with Crippen LogP contribution >= 0.6 is 0 Å². The van der Waals surface area contributed by atoms with E-state index in [1.165, 1.54) is 0 Å². The van der Waals surface area contributed by atoms with Crippen LogP contribution < -0.4 is 0 Å². The lowest BCUT2D eigenvalue weighted by molar-refractivity contribution is -0.145. The van der Waals surface area contributed by atoms with Crippen LogP contribution in [-0.4, -0.2) is 49.3 Å². The second kappa shape index (κ2) is 9.88. The van der Waals surface area contributed by atoms with Gasteiger partial charge in [0.2, 0.25) is 0 Å². The Labute approximate surface area is 116 Å². The maximum absolute atomic E-state index is 11.0. The zero-order valence-electron chi connectivity index (χ0n) is 11.8. The van der Waals surface area contributed by atoms with E-state index in [4.69, 9.17) is 14.6 Å². The molecule has 0 radical (unpaired) electrons. The number of carbonyl (C=O) groups is 3. The van der Waals surface area contributed by atoms with Gasteiger partial charge >= 0.3 is 18.3 Å². The quantitative estimate of drug-likeness (QED) is 0.617. The minimum absolute atomic E-state index is 0.0783. The maximum atomic E-state index is 11.0. The third-order valence-corrected chi connectivity index (χ3v) is 2.22. The van der Waals surface area contributed by atoms with Gasteiger partial charge in [-0.3, -0.25) is 4.79 Å². The molecule has 116 valence electrons. The molecule has 1 fully saturated rings. The van der Waals surface area contributed by atoms with Crippen LogP contribution in [0.25, 0.3) is 0 Å². The summed E-state index contributed by atoms with van der Waals surface area (Å²) < 4.78 is 18.2. The van der Waals surface area contributed by atoms with Crippen LogP contribution in [0.15, 0.2) is 0 Å². The van der Waals surface area contributed by atoms with Gasteiger partial charge in [0.15, 0.2) is 0 Å². The predicted octanol–water partition coefficient (Wildman–Crippen LogP) is 1.81. The fourth-order valence-corrected chi connectivity index (χ4v) is 1.37. The van der Waals surface area contributed by atoms with Crippen LogP contribution in [0.1, 0.15) is 27.2 Å². The van der Waals surface area contributed by atoms with Crippen molar-refractivity contribution in [1.29, 1.82) is 0 Å². The molecule has 2 unspecified atom stereocenters. The van der Waals surface area contributed by atoms with Crippen LogP contribution in [-0.2, 0) is 23.7 Å². The Morgan fingerprint density at radius 3 is 2.20 bits per heavy atom. The highest BCUT2D eigenvalue weighted by Gasteiger charge is 2.31. The number of carboxylic acid groups (broad SMARTS) is 1. The first-order valence-electron chi connectivity index (χ1n) is 6.26. The molecule has 0 aliphatic carbocycles. The molecule has 20 heavy (non-hydrogen) atoms. The lowest BCUT2D eigenvalue weighted by Crippen LogP contribution is -2.19. The van der Waals surface area contributed by atoms with Gasteiger partial charge in [-0.25, -0.2) is 9.59 Å².